The van der Waals surface area contributed by atoms with E-state index in [1.807, 2.05) is 6.20 Å². The predicted molar refractivity (Wildman–Crippen MR) is 125 cm³/mol. The molecule has 1 unspecified atom stereocenters. The van der Waals surface area contributed by atoms with Crippen LogP contribution in [0.1, 0.15) is 59.2 Å². The largest absolute Gasteiger partial charge is 0.370 e. The van der Waals surface area contributed by atoms with Gasteiger partial charge in [-0.3, -0.25) is 4.98 Å². The van der Waals surface area contributed by atoms with Gasteiger partial charge in [0, 0.05) is 26.1 Å². The first-order valence-electron chi connectivity index (χ1n) is 11.6. The second-order valence-corrected chi connectivity index (χ2v) is 10.0. The van der Waals surface area contributed by atoms with Crippen LogP contribution in [0.4, 0.5) is 5.69 Å². The van der Waals surface area contributed by atoms with Gasteiger partial charge >= 0.3 is 0 Å². The molecule has 2 aromatic rings. The van der Waals surface area contributed by atoms with Crippen LogP contribution in [0.3, 0.4) is 0 Å². The quantitative estimate of drug-likeness (QED) is 0.607. The first-order chi connectivity index (χ1) is 14.3. The highest BCUT2D eigenvalue weighted by Gasteiger charge is 2.26. The second-order valence-electron chi connectivity index (χ2n) is 10.0. The summed E-state index contributed by atoms with van der Waals surface area (Å²) in [7, 11) is 4.23. The van der Waals surface area contributed by atoms with Crippen LogP contribution in [0.25, 0.3) is 11.5 Å². The Kier molecular flexibility index (Phi) is 7.50. The van der Waals surface area contributed by atoms with Gasteiger partial charge in [0.05, 0.1) is 11.9 Å². The highest BCUT2D eigenvalue weighted by atomic mass is 15.4. The molecule has 2 aromatic heterocycles. The van der Waals surface area contributed by atoms with Crippen molar-refractivity contribution in [3.8, 4) is 11.5 Å². The number of aromatic nitrogens is 4. The standard InChI is InChI=1S/C24H40N6/c1-7-19(24(2,3)4)17-22-26-23(27-30(22)16-10-13-28(5)6)21-12-11-20(18-25-21)29-14-8-9-15-29/h11-12,18-19H,7-10,13-17H2,1-6H3. The van der Waals surface area contributed by atoms with Crippen molar-refractivity contribution < 1.29 is 0 Å². The van der Waals surface area contributed by atoms with Crippen LogP contribution in [-0.4, -0.2) is 58.4 Å². The molecule has 0 saturated carbocycles. The molecule has 0 radical (unpaired) electrons. The minimum Gasteiger partial charge on any atom is -0.370 e. The Morgan fingerprint density at radius 3 is 2.43 bits per heavy atom. The first-order valence-corrected chi connectivity index (χ1v) is 11.6. The van der Waals surface area contributed by atoms with Crippen LogP contribution < -0.4 is 4.90 Å². The van der Waals surface area contributed by atoms with E-state index < -0.39 is 0 Å². The van der Waals surface area contributed by atoms with Crippen LogP contribution >= 0.6 is 0 Å². The molecular formula is C24H40N6. The van der Waals surface area contributed by atoms with Crippen molar-refractivity contribution in [3.63, 3.8) is 0 Å². The fraction of sp³-hybridized carbons (Fsp3) is 0.708. The van der Waals surface area contributed by atoms with Gasteiger partial charge in [-0.1, -0.05) is 34.1 Å². The van der Waals surface area contributed by atoms with Crippen molar-refractivity contribution in [1.29, 1.82) is 0 Å². The van der Waals surface area contributed by atoms with Gasteiger partial charge in [0.15, 0.2) is 5.82 Å². The summed E-state index contributed by atoms with van der Waals surface area (Å²) < 4.78 is 2.13. The summed E-state index contributed by atoms with van der Waals surface area (Å²) in [6, 6.07) is 4.25. The average molecular weight is 413 g/mol. The van der Waals surface area contributed by atoms with E-state index in [2.05, 4.69) is 68.4 Å². The van der Waals surface area contributed by atoms with Crippen LogP contribution in [0.2, 0.25) is 0 Å². The first kappa shape index (κ1) is 22.7. The highest BCUT2D eigenvalue weighted by molar-refractivity contribution is 5.54. The van der Waals surface area contributed by atoms with Crippen LogP contribution in [-0.2, 0) is 13.0 Å². The van der Waals surface area contributed by atoms with Crippen LogP contribution in [0, 0.1) is 11.3 Å². The molecule has 3 rings (SSSR count). The van der Waals surface area contributed by atoms with Gasteiger partial charge in [-0.15, -0.1) is 5.10 Å². The number of aryl methyl sites for hydroxylation is 1. The molecule has 3 heterocycles. The van der Waals surface area contributed by atoms with Crippen molar-refractivity contribution in [2.75, 3.05) is 38.6 Å². The fourth-order valence-corrected chi connectivity index (χ4v) is 4.31. The number of hydrogen-bond acceptors (Lipinski definition) is 5. The second kappa shape index (κ2) is 9.90. The lowest BCUT2D eigenvalue weighted by atomic mass is 9.77. The lowest BCUT2D eigenvalue weighted by Gasteiger charge is -2.29. The summed E-state index contributed by atoms with van der Waals surface area (Å²) in [4.78, 5) is 14.3. The van der Waals surface area contributed by atoms with Crippen LogP contribution in [0.5, 0.6) is 0 Å². The monoisotopic (exact) mass is 412 g/mol. The minimum absolute atomic E-state index is 0.255. The topological polar surface area (TPSA) is 50.1 Å². The molecule has 1 fully saturated rings. The van der Waals surface area contributed by atoms with Crippen molar-refractivity contribution in [1.82, 2.24) is 24.6 Å². The summed E-state index contributed by atoms with van der Waals surface area (Å²) in [5, 5.41) is 4.88. The maximum absolute atomic E-state index is 4.97. The van der Waals surface area contributed by atoms with Gasteiger partial charge in [0.1, 0.15) is 11.5 Å². The molecule has 166 valence electrons. The smallest absolute Gasteiger partial charge is 0.200 e. The summed E-state index contributed by atoms with van der Waals surface area (Å²) in [5.74, 6) is 2.43. The number of nitrogens with zero attached hydrogens (tertiary/aromatic N) is 6. The Bertz CT molecular complexity index is 781. The molecule has 1 aliphatic heterocycles. The van der Waals surface area contributed by atoms with Gasteiger partial charge < -0.3 is 9.80 Å². The molecule has 1 atom stereocenters. The van der Waals surface area contributed by atoms with Crippen molar-refractivity contribution in [3.05, 3.63) is 24.2 Å². The lowest BCUT2D eigenvalue weighted by Crippen LogP contribution is -2.24. The Hall–Kier alpha value is -1.95. The molecule has 30 heavy (non-hydrogen) atoms. The summed E-state index contributed by atoms with van der Waals surface area (Å²) >= 11 is 0. The molecule has 0 spiro atoms. The van der Waals surface area contributed by atoms with Crippen molar-refractivity contribution in [2.24, 2.45) is 11.3 Å². The molecule has 0 bridgehead atoms. The van der Waals surface area contributed by atoms with Gasteiger partial charge in [0.25, 0.3) is 0 Å². The molecule has 6 nitrogen and oxygen atoms in total. The Morgan fingerprint density at radius 1 is 1.13 bits per heavy atom. The third kappa shape index (κ3) is 5.81. The number of anilines is 1. The van der Waals surface area contributed by atoms with Crippen molar-refractivity contribution in [2.45, 2.75) is 66.3 Å². The molecule has 0 aromatic carbocycles. The van der Waals surface area contributed by atoms with E-state index in [9.17, 15) is 0 Å². The van der Waals surface area contributed by atoms with E-state index in [-0.39, 0.29) is 5.41 Å². The molecule has 1 saturated heterocycles. The number of pyridine rings is 1. The van der Waals surface area contributed by atoms with Gasteiger partial charge in [-0.05, 0) is 63.4 Å². The fourth-order valence-electron chi connectivity index (χ4n) is 4.31. The third-order valence-electron chi connectivity index (χ3n) is 6.32. The van der Waals surface area contributed by atoms with E-state index >= 15 is 0 Å². The van der Waals surface area contributed by atoms with Gasteiger partial charge in [0.2, 0.25) is 0 Å². The van der Waals surface area contributed by atoms with E-state index in [4.69, 9.17) is 15.1 Å². The van der Waals surface area contributed by atoms with E-state index in [1.54, 1.807) is 0 Å². The van der Waals surface area contributed by atoms with Crippen molar-refractivity contribution >= 4 is 5.69 Å². The van der Waals surface area contributed by atoms with E-state index in [1.165, 1.54) is 18.5 Å². The summed E-state index contributed by atoms with van der Waals surface area (Å²) in [6.45, 7) is 13.5. The number of hydrogen-bond donors (Lipinski definition) is 0. The molecular weight excluding hydrogens is 372 g/mol. The number of rotatable bonds is 9. The third-order valence-corrected chi connectivity index (χ3v) is 6.32. The maximum atomic E-state index is 4.97. The van der Waals surface area contributed by atoms with Crippen LogP contribution in [0.15, 0.2) is 18.3 Å². The SMILES string of the molecule is CCC(Cc1nc(-c2ccc(N3CCCC3)cn2)nn1CCCN(C)C)C(C)(C)C. The highest BCUT2D eigenvalue weighted by Crippen LogP contribution is 2.31. The molecule has 6 heteroatoms. The molecule has 0 aliphatic carbocycles. The predicted octanol–water partition coefficient (Wildman–Crippen LogP) is 4.51. The zero-order valence-corrected chi connectivity index (χ0v) is 19.9. The minimum atomic E-state index is 0.255. The van der Waals surface area contributed by atoms with Gasteiger partial charge in [-0.2, -0.15) is 0 Å². The lowest BCUT2D eigenvalue weighted by molar-refractivity contribution is 0.225. The summed E-state index contributed by atoms with van der Waals surface area (Å²) in [5.41, 5.74) is 2.33. The normalized spacial score (nSPS) is 15.9. The van der Waals surface area contributed by atoms with Gasteiger partial charge in [-0.25, -0.2) is 9.67 Å². The molecule has 1 aliphatic rings. The Balaban J connectivity index is 1.82. The molecule has 0 amide bonds. The summed E-state index contributed by atoms with van der Waals surface area (Å²) in [6.07, 6.45) is 7.70. The zero-order valence-electron chi connectivity index (χ0n) is 19.9. The Morgan fingerprint density at radius 2 is 1.87 bits per heavy atom. The van der Waals surface area contributed by atoms with E-state index in [0.29, 0.717) is 5.92 Å². The average Bonchev–Trinajstić information content (AvgIpc) is 3.35. The van der Waals surface area contributed by atoms with E-state index in [0.717, 1.165) is 62.8 Å². The molecule has 0 N–H and O–H groups in total. The Labute approximate surface area is 182 Å². The maximum Gasteiger partial charge on any atom is 0.200 e. The zero-order chi connectivity index (χ0) is 21.7.